The summed E-state index contributed by atoms with van der Waals surface area (Å²) in [5.41, 5.74) is 1.15. The van der Waals surface area contributed by atoms with E-state index in [0.717, 1.165) is 35.3 Å². The van der Waals surface area contributed by atoms with E-state index in [2.05, 4.69) is 31.9 Å². The highest BCUT2D eigenvalue weighted by atomic mass is 16.5. The number of rotatable bonds is 6. The van der Waals surface area contributed by atoms with Crippen LogP contribution >= 0.6 is 0 Å². The molecule has 1 atom stereocenters. The van der Waals surface area contributed by atoms with Crippen LogP contribution in [0, 0.1) is 6.92 Å². The van der Waals surface area contributed by atoms with E-state index in [1.54, 1.807) is 7.11 Å². The first-order chi connectivity index (χ1) is 12.7. The molecule has 0 amide bonds. The number of hydrogen-bond acceptors (Lipinski definition) is 5. The molecule has 26 heavy (non-hydrogen) atoms. The molecule has 8 heteroatoms. The van der Waals surface area contributed by atoms with Crippen molar-refractivity contribution in [1.82, 2.24) is 25.4 Å². The summed E-state index contributed by atoms with van der Waals surface area (Å²) in [6, 6.07) is 8.25. The number of benzene rings is 1. The van der Waals surface area contributed by atoms with E-state index in [1.165, 1.54) is 0 Å². The third kappa shape index (κ3) is 4.32. The maximum absolute atomic E-state index is 5.74. The maximum Gasteiger partial charge on any atom is 0.192 e. The van der Waals surface area contributed by atoms with Crippen molar-refractivity contribution in [1.29, 1.82) is 0 Å². The lowest BCUT2D eigenvalue weighted by atomic mass is 10.0. The van der Waals surface area contributed by atoms with Crippen molar-refractivity contribution in [2.24, 2.45) is 12.0 Å². The topological polar surface area (TPSA) is 85.6 Å². The molecule has 0 spiro atoms. The fourth-order valence-electron chi connectivity index (χ4n) is 2.82. The highest BCUT2D eigenvalue weighted by molar-refractivity contribution is 5.80. The zero-order valence-corrected chi connectivity index (χ0v) is 15.5. The Morgan fingerprint density at radius 2 is 2.23 bits per heavy atom. The molecular weight excluding hydrogens is 332 g/mol. The van der Waals surface area contributed by atoms with Crippen LogP contribution in [0.1, 0.15) is 29.7 Å². The third-order valence-electron chi connectivity index (χ3n) is 4.43. The van der Waals surface area contributed by atoms with Crippen molar-refractivity contribution in [3.8, 4) is 5.75 Å². The number of fused-ring (bicyclic) bond motifs is 1. The molecule has 1 aliphatic heterocycles. The Kier molecular flexibility index (Phi) is 6.06. The van der Waals surface area contributed by atoms with Gasteiger partial charge in [-0.15, -0.1) is 10.2 Å². The van der Waals surface area contributed by atoms with Crippen molar-refractivity contribution >= 4 is 5.96 Å². The molecule has 1 unspecified atom stereocenters. The van der Waals surface area contributed by atoms with Gasteiger partial charge in [0.2, 0.25) is 0 Å². The first-order valence-electron chi connectivity index (χ1n) is 8.79. The zero-order valence-electron chi connectivity index (χ0n) is 15.5. The van der Waals surface area contributed by atoms with E-state index in [9.17, 15) is 0 Å². The monoisotopic (exact) mass is 358 g/mol. The summed E-state index contributed by atoms with van der Waals surface area (Å²) in [7, 11) is 3.63. The number of nitrogens with zero attached hydrogens (tertiary/aromatic N) is 4. The Balaban J connectivity index is 1.74. The van der Waals surface area contributed by atoms with Crippen LogP contribution in [0.2, 0.25) is 0 Å². The second-order valence-electron chi connectivity index (χ2n) is 6.18. The predicted molar refractivity (Wildman–Crippen MR) is 99.2 cm³/mol. The van der Waals surface area contributed by atoms with Crippen molar-refractivity contribution < 1.29 is 9.47 Å². The third-order valence-corrected chi connectivity index (χ3v) is 4.43. The van der Waals surface area contributed by atoms with Crippen LogP contribution in [-0.4, -0.2) is 47.6 Å². The van der Waals surface area contributed by atoms with Gasteiger partial charge < -0.3 is 24.7 Å². The molecule has 3 rings (SSSR count). The van der Waals surface area contributed by atoms with Crippen molar-refractivity contribution in [2.45, 2.75) is 25.9 Å². The lowest BCUT2D eigenvalue weighted by Crippen LogP contribution is -2.42. The van der Waals surface area contributed by atoms with Crippen LogP contribution < -0.4 is 15.4 Å². The molecule has 2 N–H and O–H groups in total. The predicted octanol–water partition coefficient (Wildman–Crippen LogP) is 1.33. The molecule has 140 valence electrons. The Bertz CT molecular complexity index is 758. The number of guanidine groups is 1. The summed E-state index contributed by atoms with van der Waals surface area (Å²) in [5.74, 6) is 3.35. The molecular formula is C18H26N6O2. The van der Waals surface area contributed by atoms with Gasteiger partial charge in [-0.3, -0.25) is 0 Å². The summed E-state index contributed by atoms with van der Waals surface area (Å²) in [4.78, 5) is 4.68. The van der Waals surface area contributed by atoms with Gasteiger partial charge in [-0.1, -0.05) is 18.2 Å². The van der Waals surface area contributed by atoms with Crippen LogP contribution in [0.4, 0.5) is 0 Å². The number of hydrogen-bond donors (Lipinski definition) is 2. The summed E-state index contributed by atoms with van der Waals surface area (Å²) in [6.07, 6.45) is 0.880. The fourth-order valence-corrected chi connectivity index (χ4v) is 2.82. The number of aliphatic imine (C=N–C) groups is 1. The first kappa shape index (κ1) is 18.2. The number of ether oxygens (including phenoxy) is 2. The van der Waals surface area contributed by atoms with E-state index in [4.69, 9.17) is 9.47 Å². The molecule has 1 aromatic heterocycles. The minimum Gasteiger partial charge on any atom is -0.493 e. The summed E-state index contributed by atoms with van der Waals surface area (Å²) in [5, 5.41) is 15.1. The Labute approximate surface area is 153 Å². The summed E-state index contributed by atoms with van der Waals surface area (Å²) >= 11 is 0. The molecule has 0 radical (unpaired) electrons. The smallest absolute Gasteiger partial charge is 0.192 e. The van der Waals surface area contributed by atoms with Gasteiger partial charge >= 0.3 is 0 Å². The summed E-state index contributed by atoms with van der Waals surface area (Å²) < 4.78 is 12.8. The first-order valence-corrected chi connectivity index (χ1v) is 8.79. The van der Waals surface area contributed by atoms with Crippen LogP contribution in [0.3, 0.4) is 0 Å². The molecule has 2 aromatic rings. The molecule has 0 saturated heterocycles. The van der Waals surface area contributed by atoms with Gasteiger partial charge in [0.1, 0.15) is 18.1 Å². The molecule has 1 aromatic carbocycles. The number of methoxy groups -OCH3 is 1. The Morgan fingerprint density at radius 3 is 3.00 bits per heavy atom. The van der Waals surface area contributed by atoms with Gasteiger partial charge in [-0.05, 0) is 13.0 Å². The minimum atomic E-state index is 0.148. The Morgan fingerprint density at radius 1 is 1.38 bits per heavy atom. The Hall–Kier alpha value is -2.61. The number of aryl methyl sites for hydroxylation is 1. The molecule has 2 heterocycles. The second kappa shape index (κ2) is 8.66. The van der Waals surface area contributed by atoms with Crippen LogP contribution in [0.15, 0.2) is 29.3 Å². The molecule has 0 fully saturated rings. The van der Waals surface area contributed by atoms with Crippen LogP contribution in [0.5, 0.6) is 5.75 Å². The van der Waals surface area contributed by atoms with Crippen molar-refractivity contribution in [2.75, 3.05) is 26.9 Å². The average Bonchev–Trinajstić information content (AvgIpc) is 2.98. The average molecular weight is 358 g/mol. The van der Waals surface area contributed by atoms with Crippen LogP contribution in [-0.2, 0) is 18.3 Å². The summed E-state index contributed by atoms with van der Waals surface area (Å²) in [6.45, 7) is 4.33. The molecule has 0 saturated carbocycles. The van der Waals surface area contributed by atoms with E-state index in [-0.39, 0.29) is 6.04 Å². The second-order valence-corrected chi connectivity index (χ2v) is 6.18. The van der Waals surface area contributed by atoms with Gasteiger partial charge in [0.05, 0.1) is 19.3 Å². The van der Waals surface area contributed by atoms with Gasteiger partial charge in [0.25, 0.3) is 0 Å². The maximum atomic E-state index is 5.74. The lowest BCUT2D eigenvalue weighted by molar-refractivity contribution is 0.203. The fraction of sp³-hybridized carbons (Fsp3) is 0.500. The van der Waals surface area contributed by atoms with E-state index >= 15 is 0 Å². The van der Waals surface area contributed by atoms with Crippen molar-refractivity contribution in [3.63, 3.8) is 0 Å². The molecule has 0 bridgehead atoms. The largest absolute Gasteiger partial charge is 0.493 e. The highest BCUT2D eigenvalue weighted by Crippen LogP contribution is 2.31. The number of aromatic nitrogens is 3. The van der Waals surface area contributed by atoms with Gasteiger partial charge in [0.15, 0.2) is 11.8 Å². The normalized spacial score (nSPS) is 16.7. The zero-order chi connectivity index (χ0) is 18.4. The van der Waals surface area contributed by atoms with E-state index < -0.39 is 0 Å². The van der Waals surface area contributed by atoms with Gasteiger partial charge in [-0.25, -0.2) is 4.99 Å². The highest BCUT2D eigenvalue weighted by Gasteiger charge is 2.22. The molecule has 1 aliphatic rings. The van der Waals surface area contributed by atoms with E-state index in [1.807, 2.05) is 36.7 Å². The standard InChI is InChI=1S/C18H26N6O2/c1-13-22-23-17(24(13)2)12-20-18(19-9-11-25-3)21-15-8-10-26-16-7-5-4-6-14(15)16/h4-7,15H,8-12H2,1-3H3,(H2,19,20,21). The van der Waals surface area contributed by atoms with Crippen molar-refractivity contribution in [3.05, 3.63) is 41.5 Å². The molecule has 0 aliphatic carbocycles. The minimum absolute atomic E-state index is 0.148. The SMILES string of the molecule is COCCNC(=NCc1nnc(C)n1C)NC1CCOc2ccccc21. The van der Waals surface area contributed by atoms with Gasteiger partial charge in [0, 0.05) is 32.7 Å². The quantitative estimate of drug-likeness (QED) is 0.460. The van der Waals surface area contributed by atoms with Gasteiger partial charge in [-0.2, -0.15) is 0 Å². The van der Waals surface area contributed by atoms with E-state index in [0.29, 0.717) is 26.3 Å². The number of nitrogens with one attached hydrogen (secondary N) is 2. The van der Waals surface area contributed by atoms with Crippen LogP contribution in [0.25, 0.3) is 0 Å². The molecule has 8 nitrogen and oxygen atoms in total. The lowest BCUT2D eigenvalue weighted by Gasteiger charge is -2.28. The number of para-hydroxylation sites is 1.